The summed E-state index contributed by atoms with van der Waals surface area (Å²) in [4.78, 5) is 27.8. The van der Waals surface area contributed by atoms with Gasteiger partial charge < -0.3 is 25.0 Å². The van der Waals surface area contributed by atoms with Crippen LogP contribution in [0.15, 0.2) is 36.4 Å². The van der Waals surface area contributed by atoms with Gasteiger partial charge in [0.05, 0.1) is 14.2 Å². The van der Waals surface area contributed by atoms with Crippen molar-refractivity contribution in [2.24, 2.45) is 5.92 Å². The lowest BCUT2D eigenvalue weighted by Gasteiger charge is -2.32. The maximum Gasteiger partial charge on any atom is 0.318 e. The van der Waals surface area contributed by atoms with Gasteiger partial charge in [0, 0.05) is 18.8 Å². The molecule has 7 nitrogen and oxygen atoms in total. The molecule has 3 amide bonds. The molecule has 0 fully saturated rings. The van der Waals surface area contributed by atoms with Crippen LogP contribution in [0.1, 0.15) is 50.3 Å². The monoisotopic (exact) mass is 453 g/mol. The first-order valence-electron chi connectivity index (χ1n) is 11.4. The summed E-state index contributed by atoms with van der Waals surface area (Å²) in [6, 6.07) is 10.8. The predicted octanol–water partition coefficient (Wildman–Crippen LogP) is 4.56. The molecule has 0 unspecified atom stereocenters. The SMILES string of the molecule is COc1cc2c(cc1OC)CN(C(=O)N[C@@H](C(=O)Nc1ccc(C(C)C)cc1)C(C)C)CC2. The summed E-state index contributed by atoms with van der Waals surface area (Å²) < 4.78 is 10.8. The Balaban J connectivity index is 1.67. The molecule has 2 aromatic carbocycles. The largest absolute Gasteiger partial charge is 0.493 e. The van der Waals surface area contributed by atoms with Crippen molar-refractivity contribution in [3.05, 3.63) is 53.1 Å². The zero-order valence-corrected chi connectivity index (χ0v) is 20.4. The van der Waals surface area contributed by atoms with Gasteiger partial charge in [0.2, 0.25) is 5.91 Å². The van der Waals surface area contributed by atoms with Crippen LogP contribution in [0, 0.1) is 5.92 Å². The second-order valence-electron chi connectivity index (χ2n) is 9.08. The van der Waals surface area contributed by atoms with Crippen molar-refractivity contribution in [3.8, 4) is 11.5 Å². The van der Waals surface area contributed by atoms with Gasteiger partial charge in [-0.2, -0.15) is 0 Å². The Morgan fingerprint density at radius 2 is 1.55 bits per heavy atom. The van der Waals surface area contributed by atoms with Crippen molar-refractivity contribution in [3.63, 3.8) is 0 Å². The molecule has 2 N–H and O–H groups in total. The zero-order valence-electron chi connectivity index (χ0n) is 20.4. The lowest BCUT2D eigenvalue weighted by atomic mass is 9.98. The van der Waals surface area contributed by atoms with Gasteiger partial charge in [-0.3, -0.25) is 4.79 Å². The van der Waals surface area contributed by atoms with E-state index in [2.05, 4.69) is 24.5 Å². The molecule has 0 spiro atoms. The maximum atomic E-state index is 13.1. The number of nitrogens with one attached hydrogen (secondary N) is 2. The molecule has 3 rings (SSSR count). The summed E-state index contributed by atoms with van der Waals surface area (Å²) in [6.45, 7) is 9.12. The van der Waals surface area contributed by atoms with Gasteiger partial charge in [0.25, 0.3) is 0 Å². The number of carbonyl (C=O) groups is 2. The van der Waals surface area contributed by atoms with E-state index in [1.807, 2.05) is 50.2 Å². The van der Waals surface area contributed by atoms with E-state index in [1.54, 1.807) is 19.1 Å². The van der Waals surface area contributed by atoms with Gasteiger partial charge in [-0.1, -0.05) is 39.8 Å². The first-order valence-corrected chi connectivity index (χ1v) is 11.4. The minimum Gasteiger partial charge on any atom is -0.493 e. The molecule has 7 heteroatoms. The number of nitrogens with zero attached hydrogens (tertiary/aromatic N) is 1. The second-order valence-corrected chi connectivity index (χ2v) is 9.08. The number of benzene rings is 2. The van der Waals surface area contributed by atoms with Crippen LogP contribution in [0.3, 0.4) is 0 Å². The summed E-state index contributed by atoms with van der Waals surface area (Å²) in [7, 11) is 3.21. The fourth-order valence-electron chi connectivity index (χ4n) is 3.99. The molecular weight excluding hydrogens is 418 g/mol. The van der Waals surface area contributed by atoms with Crippen LogP contribution in [0.25, 0.3) is 0 Å². The maximum absolute atomic E-state index is 13.1. The van der Waals surface area contributed by atoms with E-state index in [0.717, 1.165) is 16.8 Å². The van der Waals surface area contributed by atoms with E-state index >= 15 is 0 Å². The zero-order chi connectivity index (χ0) is 24.1. The van der Waals surface area contributed by atoms with Crippen LogP contribution < -0.4 is 20.1 Å². The van der Waals surface area contributed by atoms with Gasteiger partial charge in [0.1, 0.15) is 6.04 Å². The second kappa shape index (κ2) is 10.6. The Labute approximate surface area is 196 Å². The average Bonchev–Trinajstić information content (AvgIpc) is 2.80. The first kappa shape index (κ1) is 24.4. The van der Waals surface area contributed by atoms with E-state index in [4.69, 9.17) is 9.47 Å². The molecule has 0 saturated heterocycles. The van der Waals surface area contributed by atoms with Crippen molar-refractivity contribution >= 4 is 17.6 Å². The van der Waals surface area contributed by atoms with Gasteiger partial charge in [-0.15, -0.1) is 0 Å². The number of hydrogen-bond donors (Lipinski definition) is 2. The Morgan fingerprint density at radius 3 is 2.09 bits per heavy atom. The van der Waals surface area contributed by atoms with Crippen LogP contribution in [0.5, 0.6) is 11.5 Å². The molecule has 1 heterocycles. The molecule has 2 aromatic rings. The molecule has 33 heavy (non-hydrogen) atoms. The normalized spacial score (nSPS) is 14.0. The fraction of sp³-hybridized carbons (Fsp3) is 0.462. The van der Waals surface area contributed by atoms with Crippen molar-refractivity contribution in [2.75, 3.05) is 26.1 Å². The van der Waals surface area contributed by atoms with Gasteiger partial charge in [-0.05, 0) is 59.2 Å². The van der Waals surface area contributed by atoms with Crippen LogP contribution in [0.2, 0.25) is 0 Å². The third-order valence-corrected chi connectivity index (χ3v) is 6.08. The van der Waals surface area contributed by atoms with Crippen molar-refractivity contribution < 1.29 is 19.1 Å². The highest BCUT2D eigenvalue weighted by molar-refractivity contribution is 5.97. The molecule has 1 aliphatic rings. The Hall–Kier alpha value is -3.22. The average molecular weight is 454 g/mol. The molecule has 1 atom stereocenters. The van der Waals surface area contributed by atoms with E-state index < -0.39 is 6.04 Å². The number of rotatable bonds is 7. The number of anilines is 1. The van der Waals surface area contributed by atoms with E-state index in [-0.39, 0.29) is 17.9 Å². The molecule has 0 saturated carbocycles. The fourth-order valence-corrected chi connectivity index (χ4v) is 3.99. The standard InChI is InChI=1S/C26H35N3O4/c1-16(2)18-7-9-21(10-8-18)27-25(30)24(17(3)4)28-26(31)29-12-11-19-13-22(32-5)23(33-6)14-20(19)15-29/h7-10,13-14,16-17,24H,11-12,15H2,1-6H3,(H,27,30)(H,28,31)/t24-/m1/s1. The van der Waals surface area contributed by atoms with E-state index in [1.165, 1.54) is 5.56 Å². The smallest absolute Gasteiger partial charge is 0.318 e. The summed E-state index contributed by atoms with van der Waals surface area (Å²) in [5.74, 6) is 1.46. The molecule has 0 radical (unpaired) electrons. The topological polar surface area (TPSA) is 79.9 Å². The number of amides is 3. The minimum absolute atomic E-state index is 0.0645. The summed E-state index contributed by atoms with van der Waals surface area (Å²) >= 11 is 0. The van der Waals surface area contributed by atoms with Gasteiger partial charge >= 0.3 is 6.03 Å². The summed E-state index contributed by atoms with van der Waals surface area (Å²) in [5.41, 5.74) is 4.09. The Bertz CT molecular complexity index is 986. The lowest BCUT2D eigenvalue weighted by molar-refractivity contribution is -0.118. The first-order chi connectivity index (χ1) is 15.7. The van der Waals surface area contributed by atoms with Gasteiger partial charge in [-0.25, -0.2) is 4.79 Å². The van der Waals surface area contributed by atoms with Crippen molar-refractivity contribution in [1.82, 2.24) is 10.2 Å². The third kappa shape index (κ3) is 5.78. The van der Waals surface area contributed by atoms with Crippen LogP contribution in [-0.4, -0.2) is 43.6 Å². The highest BCUT2D eigenvalue weighted by Gasteiger charge is 2.29. The van der Waals surface area contributed by atoms with E-state index in [0.29, 0.717) is 36.9 Å². The van der Waals surface area contributed by atoms with Crippen molar-refractivity contribution in [1.29, 1.82) is 0 Å². The number of urea groups is 1. The summed E-state index contributed by atoms with van der Waals surface area (Å²) in [6.07, 6.45) is 0.712. The number of ether oxygens (including phenoxy) is 2. The highest BCUT2D eigenvalue weighted by Crippen LogP contribution is 2.33. The van der Waals surface area contributed by atoms with Gasteiger partial charge in [0.15, 0.2) is 11.5 Å². The highest BCUT2D eigenvalue weighted by atomic mass is 16.5. The van der Waals surface area contributed by atoms with Crippen molar-refractivity contribution in [2.45, 2.75) is 52.6 Å². The summed E-state index contributed by atoms with van der Waals surface area (Å²) in [5, 5.41) is 5.88. The quantitative estimate of drug-likeness (QED) is 0.644. The Kier molecular flexibility index (Phi) is 7.84. The number of fused-ring (bicyclic) bond motifs is 1. The number of hydrogen-bond acceptors (Lipinski definition) is 4. The van der Waals surface area contributed by atoms with E-state index in [9.17, 15) is 9.59 Å². The molecular formula is C26H35N3O4. The predicted molar refractivity (Wildman–Crippen MR) is 130 cm³/mol. The molecule has 0 bridgehead atoms. The third-order valence-electron chi connectivity index (χ3n) is 6.08. The van der Waals surface area contributed by atoms with Crippen LogP contribution >= 0.6 is 0 Å². The molecule has 1 aliphatic heterocycles. The Morgan fingerprint density at radius 1 is 0.939 bits per heavy atom. The minimum atomic E-state index is -0.644. The van der Waals surface area contributed by atoms with Crippen LogP contribution in [-0.2, 0) is 17.8 Å². The van der Waals surface area contributed by atoms with Crippen LogP contribution in [0.4, 0.5) is 10.5 Å². The number of methoxy groups -OCH3 is 2. The molecule has 178 valence electrons. The molecule has 0 aromatic heterocycles. The molecule has 0 aliphatic carbocycles. The number of carbonyl (C=O) groups excluding carboxylic acids is 2. The lowest BCUT2D eigenvalue weighted by Crippen LogP contribution is -2.52.